The summed E-state index contributed by atoms with van der Waals surface area (Å²) in [5.41, 5.74) is -0.314. The Morgan fingerprint density at radius 3 is 1.29 bits per heavy atom. The molecule has 2 bridgehead atoms. The molecule has 0 unspecified atom stereocenters. The fourth-order valence-electron chi connectivity index (χ4n) is 6.17. The Bertz CT molecular complexity index is 483. The molecule has 0 heterocycles. The maximum Gasteiger partial charge on any atom is 0.303 e. The highest BCUT2D eigenvalue weighted by atomic mass is 19.1. The van der Waals surface area contributed by atoms with E-state index in [1.807, 2.05) is 0 Å². The highest BCUT2D eigenvalue weighted by molar-refractivity contribution is 5.66. The summed E-state index contributed by atoms with van der Waals surface area (Å²) in [7, 11) is 0. The van der Waals surface area contributed by atoms with Crippen LogP contribution in [0.4, 0.5) is 4.39 Å². The van der Waals surface area contributed by atoms with Crippen molar-refractivity contribution in [3.8, 4) is 0 Å². The van der Waals surface area contributed by atoms with E-state index in [-0.39, 0.29) is 0 Å². The molecule has 2 nitrogen and oxygen atoms in total. The van der Waals surface area contributed by atoms with Crippen LogP contribution in [0.1, 0.15) is 155 Å². The summed E-state index contributed by atoms with van der Waals surface area (Å²) in [5.74, 6) is -0.302. The molecule has 0 amide bonds. The third kappa shape index (κ3) is 9.42. The second-order valence-corrected chi connectivity index (χ2v) is 11.1. The molecule has 0 saturated heterocycles. The predicted octanol–water partition coefficient (Wildman–Crippen LogP) is 9.40. The van der Waals surface area contributed by atoms with Crippen LogP contribution in [0.3, 0.4) is 0 Å². The Balaban J connectivity index is 1.19. The minimum Gasteiger partial charge on any atom is -0.481 e. The van der Waals surface area contributed by atoms with Crippen molar-refractivity contribution in [1.82, 2.24) is 0 Å². The molecule has 3 aliphatic rings. The smallest absolute Gasteiger partial charge is 0.303 e. The summed E-state index contributed by atoms with van der Waals surface area (Å²) in [5, 5.41) is 8.60. The number of aliphatic carboxylic acids is 1. The van der Waals surface area contributed by atoms with E-state index in [1.165, 1.54) is 116 Å². The van der Waals surface area contributed by atoms with Crippen LogP contribution in [0.25, 0.3) is 0 Å². The van der Waals surface area contributed by atoms with Crippen LogP contribution >= 0.6 is 0 Å². The number of unbranched alkanes of at least 4 members (excludes halogenated alkanes) is 18. The molecule has 0 aromatic carbocycles. The SMILES string of the molecule is C[C@H]1C2(F)CC1(CCCCCCCCCCCCCCCCCCCCCC(=O)O)C2. The van der Waals surface area contributed by atoms with E-state index in [2.05, 4.69) is 6.92 Å². The first-order chi connectivity index (χ1) is 15.0. The average molecular weight is 439 g/mol. The second-order valence-electron chi connectivity index (χ2n) is 11.1. The maximum absolute atomic E-state index is 13.9. The first-order valence-electron chi connectivity index (χ1n) is 13.9. The lowest BCUT2D eigenvalue weighted by atomic mass is 9.35. The van der Waals surface area contributed by atoms with E-state index in [0.717, 1.165) is 25.7 Å². The third-order valence-corrected chi connectivity index (χ3v) is 8.55. The monoisotopic (exact) mass is 438 g/mol. The zero-order valence-corrected chi connectivity index (χ0v) is 20.6. The van der Waals surface area contributed by atoms with E-state index in [9.17, 15) is 9.18 Å². The number of hydrogen-bond acceptors (Lipinski definition) is 1. The van der Waals surface area contributed by atoms with Crippen molar-refractivity contribution >= 4 is 5.97 Å². The van der Waals surface area contributed by atoms with Crippen LogP contribution in [-0.2, 0) is 4.79 Å². The Morgan fingerprint density at radius 1 is 0.677 bits per heavy atom. The van der Waals surface area contributed by atoms with E-state index >= 15 is 0 Å². The Kier molecular flexibility index (Phi) is 12.5. The minimum atomic E-state index is -0.744. The van der Waals surface area contributed by atoms with Gasteiger partial charge in [-0.1, -0.05) is 122 Å². The highest BCUT2D eigenvalue weighted by Crippen LogP contribution is 2.75. The molecule has 0 aliphatic heterocycles. The van der Waals surface area contributed by atoms with Crippen LogP contribution in [0.15, 0.2) is 0 Å². The summed E-state index contributed by atoms with van der Waals surface area (Å²) in [6.07, 6.45) is 28.6. The number of carboxylic acid groups (broad SMARTS) is 1. The molecule has 3 heteroatoms. The zero-order valence-electron chi connectivity index (χ0n) is 20.6. The Morgan fingerprint density at radius 2 is 1.00 bits per heavy atom. The van der Waals surface area contributed by atoms with Crippen molar-refractivity contribution < 1.29 is 14.3 Å². The van der Waals surface area contributed by atoms with Gasteiger partial charge in [-0.05, 0) is 37.0 Å². The number of hydrogen-bond donors (Lipinski definition) is 1. The standard InChI is InChI=1S/C28H51FO2/c1-25-27(23-28(25,29)24-27)22-20-18-16-14-12-10-8-6-4-2-3-5-7-9-11-13-15-17-19-21-26(30)31/h25H,2-24H2,1H3,(H,30,31)/t25-,27?,28?/m1/s1. The van der Waals surface area contributed by atoms with Crippen molar-refractivity contribution in [2.24, 2.45) is 11.3 Å². The summed E-state index contributed by atoms with van der Waals surface area (Å²) in [6, 6.07) is 0. The van der Waals surface area contributed by atoms with Gasteiger partial charge in [0.25, 0.3) is 0 Å². The minimum absolute atomic E-state index is 0.337. The van der Waals surface area contributed by atoms with Crippen molar-refractivity contribution in [3.63, 3.8) is 0 Å². The molecule has 3 rings (SSSR count). The van der Waals surface area contributed by atoms with Crippen molar-refractivity contribution in [2.45, 2.75) is 160 Å². The van der Waals surface area contributed by atoms with Crippen LogP contribution in [0.2, 0.25) is 0 Å². The maximum atomic E-state index is 13.9. The fourth-order valence-corrected chi connectivity index (χ4v) is 6.17. The lowest BCUT2D eigenvalue weighted by Gasteiger charge is -2.72. The first kappa shape index (κ1) is 26.7. The van der Waals surface area contributed by atoms with E-state index in [0.29, 0.717) is 17.8 Å². The van der Waals surface area contributed by atoms with Gasteiger partial charge < -0.3 is 5.11 Å². The van der Waals surface area contributed by atoms with Gasteiger partial charge in [-0.2, -0.15) is 0 Å². The van der Waals surface area contributed by atoms with Crippen LogP contribution < -0.4 is 0 Å². The largest absolute Gasteiger partial charge is 0.481 e. The van der Waals surface area contributed by atoms with Crippen LogP contribution in [-0.4, -0.2) is 16.7 Å². The number of alkyl halides is 1. The molecule has 0 aromatic heterocycles. The molecule has 1 atom stereocenters. The molecule has 0 radical (unpaired) electrons. The number of rotatable bonds is 22. The number of halogens is 1. The van der Waals surface area contributed by atoms with E-state index in [4.69, 9.17) is 5.11 Å². The van der Waals surface area contributed by atoms with E-state index in [1.54, 1.807) is 0 Å². The summed E-state index contributed by atoms with van der Waals surface area (Å²) >= 11 is 0. The number of carboxylic acids is 1. The molecule has 3 aliphatic carbocycles. The van der Waals surface area contributed by atoms with Crippen molar-refractivity contribution in [3.05, 3.63) is 0 Å². The zero-order chi connectivity index (χ0) is 22.4. The van der Waals surface area contributed by atoms with Gasteiger partial charge in [0.05, 0.1) is 0 Å². The van der Waals surface area contributed by atoms with Gasteiger partial charge in [-0.3, -0.25) is 4.79 Å². The quantitative estimate of drug-likeness (QED) is 0.171. The fraction of sp³-hybridized carbons (Fsp3) is 0.964. The molecule has 3 saturated carbocycles. The molecule has 182 valence electrons. The summed E-state index contributed by atoms with van der Waals surface area (Å²) < 4.78 is 13.9. The third-order valence-electron chi connectivity index (χ3n) is 8.55. The number of carbonyl (C=O) groups is 1. The molecule has 3 fully saturated rings. The lowest BCUT2D eigenvalue weighted by molar-refractivity contribution is -0.277. The van der Waals surface area contributed by atoms with Gasteiger partial charge >= 0.3 is 5.97 Å². The van der Waals surface area contributed by atoms with Crippen molar-refractivity contribution in [1.29, 1.82) is 0 Å². The molecular formula is C28H51FO2. The van der Waals surface area contributed by atoms with Gasteiger partial charge in [-0.25, -0.2) is 4.39 Å². The highest BCUT2D eigenvalue weighted by Gasteiger charge is 2.73. The topological polar surface area (TPSA) is 37.3 Å². The van der Waals surface area contributed by atoms with Gasteiger partial charge in [0, 0.05) is 6.42 Å². The molecule has 0 spiro atoms. The van der Waals surface area contributed by atoms with E-state index < -0.39 is 11.6 Å². The van der Waals surface area contributed by atoms with Crippen molar-refractivity contribution in [2.75, 3.05) is 0 Å². The normalized spacial score (nSPS) is 26.5. The average Bonchev–Trinajstić information content (AvgIpc) is 2.73. The van der Waals surface area contributed by atoms with Gasteiger partial charge in [-0.15, -0.1) is 0 Å². The Labute approximate surface area is 192 Å². The Hall–Kier alpha value is -0.600. The molecular weight excluding hydrogens is 387 g/mol. The predicted molar refractivity (Wildman–Crippen MR) is 129 cm³/mol. The summed E-state index contributed by atoms with van der Waals surface area (Å²) in [4.78, 5) is 10.4. The van der Waals surface area contributed by atoms with Crippen LogP contribution in [0, 0.1) is 11.3 Å². The molecule has 31 heavy (non-hydrogen) atoms. The van der Waals surface area contributed by atoms with Crippen LogP contribution in [0.5, 0.6) is 0 Å². The first-order valence-corrected chi connectivity index (χ1v) is 13.9. The van der Waals surface area contributed by atoms with Gasteiger partial charge in [0.15, 0.2) is 0 Å². The second kappa shape index (κ2) is 14.5. The molecule has 0 aromatic rings. The van der Waals surface area contributed by atoms with Gasteiger partial charge in [0.2, 0.25) is 0 Å². The molecule has 1 N–H and O–H groups in total. The summed E-state index contributed by atoms with van der Waals surface area (Å²) in [6.45, 7) is 2.13. The van der Waals surface area contributed by atoms with Gasteiger partial charge in [0.1, 0.15) is 5.67 Å². The lowest BCUT2D eigenvalue weighted by Crippen LogP contribution is -2.71.